The monoisotopic (exact) mass is 327 g/mol. The molecule has 0 atom stereocenters. The SMILES string of the molecule is CC(C)Sc1ccc(C(=O)Nc2ccc3sccc3c2)cc1. The van der Waals surface area contributed by atoms with E-state index in [-0.39, 0.29) is 5.91 Å². The third-order valence-corrected chi connectivity index (χ3v) is 5.11. The van der Waals surface area contributed by atoms with Gasteiger partial charge in [-0.1, -0.05) is 13.8 Å². The van der Waals surface area contributed by atoms with Gasteiger partial charge in [-0.15, -0.1) is 23.1 Å². The Balaban J connectivity index is 1.73. The molecule has 22 heavy (non-hydrogen) atoms. The number of carbonyl (C=O) groups excluding carboxylic acids is 1. The standard InChI is InChI=1S/C18H17NOS2/c1-12(2)22-16-6-3-13(4-7-16)18(20)19-15-5-8-17-14(11-15)9-10-21-17/h3-12H,1-2H3,(H,19,20). The van der Waals surface area contributed by atoms with Crippen molar-refractivity contribution < 1.29 is 4.79 Å². The smallest absolute Gasteiger partial charge is 0.255 e. The molecule has 0 fully saturated rings. The number of fused-ring (bicyclic) bond motifs is 1. The van der Waals surface area contributed by atoms with Crippen LogP contribution in [0.2, 0.25) is 0 Å². The van der Waals surface area contributed by atoms with Crippen LogP contribution in [0, 0.1) is 0 Å². The Hall–Kier alpha value is -1.78. The highest BCUT2D eigenvalue weighted by atomic mass is 32.2. The first-order valence-corrected chi connectivity index (χ1v) is 8.93. The highest BCUT2D eigenvalue weighted by molar-refractivity contribution is 7.99. The number of amides is 1. The number of carbonyl (C=O) groups is 1. The molecule has 2 aromatic carbocycles. The van der Waals surface area contributed by atoms with E-state index in [0.29, 0.717) is 10.8 Å². The lowest BCUT2D eigenvalue weighted by molar-refractivity contribution is 0.102. The van der Waals surface area contributed by atoms with Gasteiger partial charge in [0.15, 0.2) is 0 Å². The van der Waals surface area contributed by atoms with Crippen LogP contribution in [0.1, 0.15) is 24.2 Å². The molecular formula is C18H17NOS2. The van der Waals surface area contributed by atoms with E-state index >= 15 is 0 Å². The number of benzene rings is 2. The Labute approximate surface area is 138 Å². The van der Waals surface area contributed by atoms with Gasteiger partial charge >= 0.3 is 0 Å². The zero-order chi connectivity index (χ0) is 15.5. The van der Waals surface area contributed by atoms with Gasteiger partial charge in [0.1, 0.15) is 0 Å². The van der Waals surface area contributed by atoms with Gasteiger partial charge in [-0.3, -0.25) is 4.79 Å². The maximum Gasteiger partial charge on any atom is 0.255 e. The van der Waals surface area contributed by atoms with Crippen LogP contribution in [0.4, 0.5) is 5.69 Å². The van der Waals surface area contributed by atoms with Crippen LogP contribution in [0.25, 0.3) is 10.1 Å². The largest absolute Gasteiger partial charge is 0.322 e. The van der Waals surface area contributed by atoms with Crippen LogP contribution < -0.4 is 5.32 Å². The van der Waals surface area contributed by atoms with E-state index in [4.69, 9.17) is 0 Å². The summed E-state index contributed by atoms with van der Waals surface area (Å²) < 4.78 is 1.23. The Bertz CT molecular complexity index is 790. The van der Waals surface area contributed by atoms with E-state index in [2.05, 4.69) is 30.6 Å². The summed E-state index contributed by atoms with van der Waals surface area (Å²) in [6.45, 7) is 4.32. The van der Waals surface area contributed by atoms with E-state index in [9.17, 15) is 4.79 Å². The van der Waals surface area contributed by atoms with Gasteiger partial charge in [0.05, 0.1) is 0 Å². The molecule has 1 N–H and O–H groups in total. The van der Waals surface area contributed by atoms with Crippen molar-refractivity contribution >= 4 is 44.8 Å². The maximum atomic E-state index is 12.3. The Morgan fingerprint density at radius 1 is 1.09 bits per heavy atom. The zero-order valence-corrected chi connectivity index (χ0v) is 14.1. The van der Waals surface area contributed by atoms with Crippen LogP contribution >= 0.6 is 23.1 Å². The van der Waals surface area contributed by atoms with Gasteiger partial charge in [0, 0.05) is 26.1 Å². The molecule has 0 bridgehead atoms. The molecule has 0 aliphatic rings. The van der Waals surface area contributed by atoms with Crippen LogP contribution in [0.5, 0.6) is 0 Å². The van der Waals surface area contributed by atoms with E-state index < -0.39 is 0 Å². The van der Waals surface area contributed by atoms with Crippen molar-refractivity contribution in [1.29, 1.82) is 0 Å². The van der Waals surface area contributed by atoms with Crippen molar-refractivity contribution in [3.63, 3.8) is 0 Å². The highest BCUT2D eigenvalue weighted by Crippen LogP contribution is 2.25. The third kappa shape index (κ3) is 3.51. The summed E-state index contributed by atoms with van der Waals surface area (Å²) in [6.07, 6.45) is 0. The number of rotatable bonds is 4. The van der Waals surface area contributed by atoms with E-state index in [1.165, 1.54) is 9.60 Å². The van der Waals surface area contributed by atoms with E-state index in [1.807, 2.05) is 42.5 Å². The molecule has 0 saturated heterocycles. The molecule has 0 spiro atoms. The molecule has 0 unspecified atom stereocenters. The number of anilines is 1. The predicted octanol–water partition coefficient (Wildman–Crippen LogP) is 5.65. The van der Waals surface area contributed by atoms with Gasteiger partial charge in [-0.2, -0.15) is 0 Å². The summed E-state index contributed by atoms with van der Waals surface area (Å²) in [4.78, 5) is 13.5. The van der Waals surface area contributed by atoms with Crippen molar-refractivity contribution in [3.05, 3.63) is 59.5 Å². The number of nitrogens with one attached hydrogen (secondary N) is 1. The summed E-state index contributed by atoms with van der Waals surface area (Å²) in [5, 5.41) is 6.71. The van der Waals surface area contributed by atoms with Crippen molar-refractivity contribution in [2.45, 2.75) is 24.0 Å². The first kappa shape index (κ1) is 15.1. The van der Waals surface area contributed by atoms with Gasteiger partial charge in [-0.05, 0) is 59.3 Å². The van der Waals surface area contributed by atoms with Crippen LogP contribution in [-0.4, -0.2) is 11.2 Å². The van der Waals surface area contributed by atoms with Crippen LogP contribution in [0.15, 0.2) is 58.8 Å². The first-order valence-electron chi connectivity index (χ1n) is 7.17. The average Bonchev–Trinajstić information content (AvgIpc) is 2.95. The molecule has 3 rings (SSSR count). The third-order valence-electron chi connectivity index (χ3n) is 3.20. The van der Waals surface area contributed by atoms with Crippen molar-refractivity contribution in [2.75, 3.05) is 5.32 Å². The number of hydrogen-bond donors (Lipinski definition) is 1. The van der Waals surface area contributed by atoms with Gasteiger partial charge in [-0.25, -0.2) is 0 Å². The minimum Gasteiger partial charge on any atom is -0.322 e. The zero-order valence-electron chi connectivity index (χ0n) is 12.5. The molecule has 0 aliphatic heterocycles. The van der Waals surface area contributed by atoms with Crippen molar-refractivity contribution in [1.82, 2.24) is 0 Å². The molecular weight excluding hydrogens is 310 g/mol. The summed E-state index contributed by atoms with van der Waals surface area (Å²) in [6, 6.07) is 15.8. The van der Waals surface area contributed by atoms with Crippen molar-refractivity contribution in [2.24, 2.45) is 0 Å². The lowest BCUT2D eigenvalue weighted by Gasteiger charge is -2.08. The van der Waals surface area contributed by atoms with Crippen LogP contribution in [-0.2, 0) is 0 Å². The highest BCUT2D eigenvalue weighted by Gasteiger charge is 2.07. The molecule has 1 aromatic heterocycles. The van der Waals surface area contributed by atoms with E-state index in [1.54, 1.807) is 23.1 Å². The second-order valence-electron chi connectivity index (χ2n) is 5.32. The fourth-order valence-corrected chi connectivity index (χ4v) is 3.81. The molecule has 3 aromatic rings. The van der Waals surface area contributed by atoms with Gasteiger partial charge in [0.25, 0.3) is 5.91 Å². The normalized spacial score (nSPS) is 11.0. The average molecular weight is 327 g/mol. The second kappa shape index (κ2) is 6.55. The van der Waals surface area contributed by atoms with Crippen LogP contribution in [0.3, 0.4) is 0 Å². The number of hydrogen-bond acceptors (Lipinski definition) is 3. The molecule has 112 valence electrons. The molecule has 0 saturated carbocycles. The molecule has 0 radical (unpaired) electrons. The molecule has 1 amide bonds. The summed E-state index contributed by atoms with van der Waals surface area (Å²) in [5.74, 6) is -0.0734. The van der Waals surface area contributed by atoms with Crippen molar-refractivity contribution in [3.8, 4) is 0 Å². The topological polar surface area (TPSA) is 29.1 Å². The molecule has 1 heterocycles. The summed E-state index contributed by atoms with van der Waals surface area (Å²) in [7, 11) is 0. The Morgan fingerprint density at radius 2 is 1.86 bits per heavy atom. The minimum absolute atomic E-state index is 0.0734. The van der Waals surface area contributed by atoms with Gasteiger partial charge < -0.3 is 5.32 Å². The number of thioether (sulfide) groups is 1. The Morgan fingerprint density at radius 3 is 2.59 bits per heavy atom. The van der Waals surface area contributed by atoms with E-state index in [0.717, 1.165) is 11.1 Å². The fourth-order valence-electron chi connectivity index (χ4n) is 2.20. The minimum atomic E-state index is -0.0734. The lowest BCUT2D eigenvalue weighted by Crippen LogP contribution is -2.11. The summed E-state index contributed by atoms with van der Waals surface area (Å²) in [5.41, 5.74) is 1.51. The molecule has 4 heteroatoms. The Kier molecular flexibility index (Phi) is 4.50. The molecule has 2 nitrogen and oxygen atoms in total. The fraction of sp³-hybridized carbons (Fsp3) is 0.167. The number of thiophene rings is 1. The lowest BCUT2D eigenvalue weighted by atomic mass is 10.2. The first-order chi connectivity index (χ1) is 10.6. The molecule has 0 aliphatic carbocycles. The maximum absolute atomic E-state index is 12.3. The second-order valence-corrected chi connectivity index (χ2v) is 7.92. The van der Waals surface area contributed by atoms with Gasteiger partial charge in [0.2, 0.25) is 0 Å². The quantitative estimate of drug-likeness (QED) is 0.627. The summed E-state index contributed by atoms with van der Waals surface area (Å²) >= 11 is 3.50. The predicted molar refractivity (Wildman–Crippen MR) is 97.2 cm³/mol.